The maximum atomic E-state index is 12.8. The molecule has 1 unspecified atom stereocenters. The molecular formula is C25H35NO9. The zero-order chi connectivity index (χ0) is 26.2. The first-order valence-electron chi connectivity index (χ1n) is 11.6. The lowest BCUT2D eigenvalue weighted by Crippen LogP contribution is -2.44. The normalized spacial score (nSPS) is 18.1. The van der Waals surface area contributed by atoms with E-state index in [1.807, 2.05) is 20.8 Å². The van der Waals surface area contributed by atoms with Gasteiger partial charge >= 0.3 is 18.0 Å². The van der Waals surface area contributed by atoms with Crippen molar-refractivity contribution in [3.05, 3.63) is 29.3 Å². The summed E-state index contributed by atoms with van der Waals surface area (Å²) in [6.45, 7) is 9.11. The number of aliphatic hydroxyl groups is 1. The van der Waals surface area contributed by atoms with Crippen molar-refractivity contribution in [2.24, 2.45) is 5.41 Å². The standard InChI is InChI=1S/C25H35NO9/c1-6-32-22(29)19(26-23(30)34-15-24(3,4)5)13-17-8-9-21-18(12-17)20(28)14-25(31,35-21)10-7-11-33-16(2)27/h8-9,12,19,31H,6-7,10-11,13-15H2,1-5H3,(H,26,30)/t19-,25?/m0/s1. The second-order valence-electron chi connectivity index (χ2n) is 9.71. The molecule has 0 saturated carbocycles. The van der Waals surface area contributed by atoms with E-state index in [1.54, 1.807) is 25.1 Å². The van der Waals surface area contributed by atoms with Crippen LogP contribution in [0.2, 0.25) is 0 Å². The van der Waals surface area contributed by atoms with Gasteiger partial charge in [-0.2, -0.15) is 0 Å². The smallest absolute Gasteiger partial charge is 0.407 e. The quantitative estimate of drug-likeness (QED) is 0.286. The van der Waals surface area contributed by atoms with Gasteiger partial charge in [0.05, 0.1) is 31.8 Å². The third-order valence-corrected chi connectivity index (χ3v) is 5.04. The van der Waals surface area contributed by atoms with Crippen LogP contribution in [0.1, 0.15) is 69.8 Å². The maximum absolute atomic E-state index is 12.8. The van der Waals surface area contributed by atoms with E-state index < -0.39 is 29.9 Å². The number of carbonyl (C=O) groups excluding carboxylic acids is 4. The summed E-state index contributed by atoms with van der Waals surface area (Å²) < 4.78 is 20.8. The summed E-state index contributed by atoms with van der Waals surface area (Å²) in [5.41, 5.74) is 0.623. The predicted octanol–water partition coefficient (Wildman–Crippen LogP) is 2.93. The molecule has 35 heavy (non-hydrogen) atoms. The summed E-state index contributed by atoms with van der Waals surface area (Å²) >= 11 is 0. The van der Waals surface area contributed by atoms with Crippen LogP contribution in [-0.2, 0) is 30.2 Å². The van der Waals surface area contributed by atoms with Crippen LogP contribution in [0.3, 0.4) is 0 Å². The van der Waals surface area contributed by atoms with Gasteiger partial charge in [-0.15, -0.1) is 0 Å². The monoisotopic (exact) mass is 493 g/mol. The molecule has 0 aliphatic carbocycles. The van der Waals surface area contributed by atoms with Crippen LogP contribution in [-0.4, -0.2) is 60.6 Å². The number of alkyl carbamates (subject to hydrolysis) is 1. The zero-order valence-electron chi connectivity index (χ0n) is 21.0. The van der Waals surface area contributed by atoms with Crippen molar-refractivity contribution in [2.75, 3.05) is 19.8 Å². The highest BCUT2D eigenvalue weighted by molar-refractivity contribution is 6.00. The first-order chi connectivity index (χ1) is 16.3. The summed E-state index contributed by atoms with van der Waals surface area (Å²) in [5.74, 6) is -2.85. The van der Waals surface area contributed by atoms with Gasteiger partial charge in [0, 0.05) is 19.8 Å². The largest absolute Gasteiger partial charge is 0.466 e. The predicted molar refractivity (Wildman–Crippen MR) is 125 cm³/mol. The number of esters is 2. The molecule has 0 spiro atoms. The van der Waals surface area contributed by atoms with E-state index >= 15 is 0 Å². The van der Waals surface area contributed by atoms with E-state index in [2.05, 4.69) is 5.32 Å². The van der Waals surface area contributed by atoms with Crippen molar-refractivity contribution in [1.82, 2.24) is 5.32 Å². The second-order valence-corrected chi connectivity index (χ2v) is 9.71. The van der Waals surface area contributed by atoms with Crippen molar-refractivity contribution >= 4 is 23.8 Å². The van der Waals surface area contributed by atoms with Gasteiger partial charge in [-0.25, -0.2) is 9.59 Å². The number of Topliss-reactive ketones (excluding diaryl/α,β-unsaturated/α-hetero) is 1. The molecule has 1 aromatic carbocycles. The van der Waals surface area contributed by atoms with Crippen LogP contribution in [0.25, 0.3) is 0 Å². The van der Waals surface area contributed by atoms with Gasteiger partial charge in [0.15, 0.2) is 5.78 Å². The number of ether oxygens (including phenoxy) is 4. The van der Waals surface area contributed by atoms with E-state index in [0.717, 1.165) is 0 Å². The second kappa shape index (κ2) is 12.0. The fourth-order valence-electron chi connectivity index (χ4n) is 3.44. The Morgan fingerprint density at radius 2 is 1.91 bits per heavy atom. The minimum absolute atomic E-state index is 0.0661. The number of hydrogen-bond acceptors (Lipinski definition) is 9. The Labute approximate surface area is 205 Å². The van der Waals surface area contributed by atoms with E-state index in [9.17, 15) is 24.3 Å². The number of hydrogen-bond donors (Lipinski definition) is 2. The Morgan fingerprint density at radius 1 is 1.20 bits per heavy atom. The number of fused-ring (bicyclic) bond motifs is 1. The van der Waals surface area contributed by atoms with Gasteiger partial charge in [0.25, 0.3) is 0 Å². The summed E-state index contributed by atoms with van der Waals surface area (Å²) in [6.07, 6.45) is -0.499. The molecule has 0 saturated heterocycles. The first-order valence-corrected chi connectivity index (χ1v) is 11.6. The number of carbonyl (C=O) groups is 4. The Morgan fingerprint density at radius 3 is 2.54 bits per heavy atom. The molecule has 0 bridgehead atoms. The van der Waals surface area contributed by atoms with Gasteiger partial charge < -0.3 is 29.4 Å². The lowest BCUT2D eigenvalue weighted by atomic mass is 9.93. The Bertz CT molecular complexity index is 937. The van der Waals surface area contributed by atoms with Crippen molar-refractivity contribution in [3.8, 4) is 5.75 Å². The van der Waals surface area contributed by atoms with Gasteiger partial charge in [-0.05, 0) is 36.5 Å². The molecule has 2 N–H and O–H groups in total. The third-order valence-electron chi connectivity index (χ3n) is 5.04. The van der Waals surface area contributed by atoms with Crippen LogP contribution in [0.4, 0.5) is 4.79 Å². The number of nitrogens with one attached hydrogen (secondary N) is 1. The minimum atomic E-state index is -1.70. The summed E-state index contributed by atoms with van der Waals surface area (Å²) in [5, 5.41) is 13.2. The van der Waals surface area contributed by atoms with E-state index in [0.29, 0.717) is 12.0 Å². The molecule has 10 nitrogen and oxygen atoms in total. The first kappa shape index (κ1) is 28.1. The highest BCUT2D eigenvalue weighted by Gasteiger charge is 2.38. The van der Waals surface area contributed by atoms with Gasteiger partial charge in [0.1, 0.15) is 11.8 Å². The molecule has 0 aromatic heterocycles. The van der Waals surface area contributed by atoms with Gasteiger partial charge in [-0.3, -0.25) is 9.59 Å². The Hall–Kier alpha value is -3.14. The van der Waals surface area contributed by atoms with Crippen molar-refractivity contribution < 1.29 is 43.2 Å². The van der Waals surface area contributed by atoms with E-state index in [4.69, 9.17) is 18.9 Å². The molecule has 1 aromatic rings. The van der Waals surface area contributed by atoms with Crippen LogP contribution in [0.15, 0.2) is 18.2 Å². The van der Waals surface area contributed by atoms with Gasteiger partial charge in [-0.1, -0.05) is 26.8 Å². The lowest BCUT2D eigenvalue weighted by Gasteiger charge is -2.33. The van der Waals surface area contributed by atoms with Crippen LogP contribution in [0.5, 0.6) is 5.75 Å². The molecule has 10 heteroatoms. The molecule has 2 atom stereocenters. The van der Waals surface area contributed by atoms with Gasteiger partial charge in [0.2, 0.25) is 5.79 Å². The average molecular weight is 494 g/mol. The fourth-order valence-corrected chi connectivity index (χ4v) is 3.44. The van der Waals surface area contributed by atoms with Crippen LogP contribution in [0, 0.1) is 5.41 Å². The summed E-state index contributed by atoms with van der Waals surface area (Å²) in [7, 11) is 0. The number of ketones is 1. The Kier molecular flexibility index (Phi) is 9.64. The highest BCUT2D eigenvalue weighted by atomic mass is 16.6. The lowest BCUT2D eigenvalue weighted by molar-refractivity contribution is -0.152. The van der Waals surface area contributed by atoms with Crippen molar-refractivity contribution in [3.63, 3.8) is 0 Å². The molecule has 1 amide bonds. The molecule has 2 rings (SSSR count). The molecule has 1 aliphatic heterocycles. The number of rotatable bonds is 10. The summed E-state index contributed by atoms with van der Waals surface area (Å²) in [4.78, 5) is 48.3. The fraction of sp³-hybridized carbons (Fsp3) is 0.600. The van der Waals surface area contributed by atoms with E-state index in [-0.39, 0.29) is 61.6 Å². The molecule has 0 radical (unpaired) electrons. The average Bonchev–Trinajstić information content (AvgIpc) is 2.75. The molecule has 1 heterocycles. The van der Waals surface area contributed by atoms with E-state index in [1.165, 1.54) is 6.92 Å². The SMILES string of the molecule is CCOC(=O)[C@H](Cc1ccc2c(c1)C(=O)CC(O)(CCCOC(C)=O)O2)NC(=O)OCC(C)(C)C. The number of amides is 1. The number of benzene rings is 1. The van der Waals surface area contributed by atoms with Crippen molar-refractivity contribution in [2.45, 2.75) is 72.1 Å². The molecule has 1 aliphatic rings. The third kappa shape index (κ3) is 9.20. The Balaban J connectivity index is 2.10. The molecule has 0 fully saturated rings. The molecular weight excluding hydrogens is 458 g/mol. The van der Waals surface area contributed by atoms with Crippen LogP contribution < -0.4 is 10.1 Å². The highest BCUT2D eigenvalue weighted by Crippen LogP contribution is 2.35. The summed E-state index contributed by atoms with van der Waals surface area (Å²) in [6, 6.07) is 3.74. The topological polar surface area (TPSA) is 137 Å². The maximum Gasteiger partial charge on any atom is 0.407 e. The zero-order valence-corrected chi connectivity index (χ0v) is 21.0. The van der Waals surface area contributed by atoms with Crippen molar-refractivity contribution in [1.29, 1.82) is 0 Å². The molecule has 194 valence electrons. The minimum Gasteiger partial charge on any atom is -0.466 e. The van der Waals surface area contributed by atoms with Crippen LogP contribution >= 0.6 is 0 Å².